The van der Waals surface area contributed by atoms with Gasteiger partial charge in [-0.25, -0.2) is 8.42 Å². The van der Waals surface area contributed by atoms with Gasteiger partial charge in [-0.2, -0.15) is 0 Å². The summed E-state index contributed by atoms with van der Waals surface area (Å²) in [6.45, 7) is 3.26. The van der Waals surface area contributed by atoms with E-state index >= 15 is 0 Å². The molecule has 0 aliphatic carbocycles. The van der Waals surface area contributed by atoms with Crippen LogP contribution in [0.15, 0.2) is 35.3 Å². The fourth-order valence-corrected chi connectivity index (χ4v) is 5.27. The second-order valence-corrected chi connectivity index (χ2v) is 10.2. The minimum absolute atomic E-state index is 0. The minimum Gasteiger partial charge on any atom is -0.381 e. The number of aliphatic imine (C=N–C) groups is 1. The molecule has 0 bridgehead atoms. The summed E-state index contributed by atoms with van der Waals surface area (Å²) in [6.07, 6.45) is 4.53. The van der Waals surface area contributed by atoms with Crippen molar-refractivity contribution in [1.82, 2.24) is 10.6 Å². The van der Waals surface area contributed by atoms with Crippen LogP contribution in [0.3, 0.4) is 0 Å². The van der Waals surface area contributed by atoms with Crippen LogP contribution in [0, 0.1) is 0 Å². The molecule has 0 spiro atoms. The van der Waals surface area contributed by atoms with Crippen LogP contribution in [0.5, 0.6) is 0 Å². The van der Waals surface area contributed by atoms with Gasteiger partial charge in [-0.15, -0.1) is 24.0 Å². The van der Waals surface area contributed by atoms with Crippen LogP contribution in [0.25, 0.3) is 0 Å². The van der Waals surface area contributed by atoms with Crippen LogP contribution < -0.4 is 15.5 Å². The summed E-state index contributed by atoms with van der Waals surface area (Å²) in [5.74, 6) is 0.662. The fraction of sp³-hybridized carbons (Fsp3) is 0.650. The van der Waals surface area contributed by atoms with Crippen LogP contribution in [-0.2, 0) is 14.6 Å². The highest BCUT2D eigenvalue weighted by Gasteiger charge is 2.42. The van der Waals surface area contributed by atoms with Crippen molar-refractivity contribution in [3.63, 3.8) is 0 Å². The van der Waals surface area contributed by atoms with Gasteiger partial charge in [-0.3, -0.25) is 4.99 Å². The lowest BCUT2D eigenvalue weighted by molar-refractivity contribution is 0.0756. The number of halogens is 1. The van der Waals surface area contributed by atoms with E-state index in [0.29, 0.717) is 38.6 Å². The number of para-hydroxylation sites is 1. The lowest BCUT2D eigenvalue weighted by Crippen LogP contribution is -2.56. The molecule has 0 amide bonds. The first-order chi connectivity index (χ1) is 13.4. The van der Waals surface area contributed by atoms with Gasteiger partial charge in [0.2, 0.25) is 0 Å². The normalized spacial score (nSPS) is 22.5. The van der Waals surface area contributed by atoms with Gasteiger partial charge in [0.25, 0.3) is 0 Å². The summed E-state index contributed by atoms with van der Waals surface area (Å²) in [7, 11) is -1.48. The summed E-state index contributed by atoms with van der Waals surface area (Å²) < 4.78 is 29.5. The Balaban J connectivity index is 0.00000300. The first kappa shape index (κ1) is 24.2. The van der Waals surface area contributed by atoms with E-state index in [9.17, 15) is 8.42 Å². The Labute approximate surface area is 191 Å². The van der Waals surface area contributed by atoms with Gasteiger partial charge < -0.3 is 20.3 Å². The lowest BCUT2D eigenvalue weighted by Gasteiger charge is -2.37. The number of hydrogen-bond donors (Lipinski definition) is 2. The minimum atomic E-state index is -3.20. The predicted octanol–water partition coefficient (Wildman–Crippen LogP) is 2.03. The van der Waals surface area contributed by atoms with Gasteiger partial charge in [0.1, 0.15) is 0 Å². The number of rotatable bonds is 5. The van der Waals surface area contributed by atoms with Crippen molar-refractivity contribution >= 4 is 45.5 Å². The van der Waals surface area contributed by atoms with Crippen LogP contribution in [0.2, 0.25) is 0 Å². The zero-order valence-electron chi connectivity index (χ0n) is 17.3. The number of nitrogens with zero attached hydrogens (tertiary/aromatic N) is 2. The first-order valence-corrected chi connectivity index (χ1v) is 11.9. The highest BCUT2D eigenvalue weighted by Crippen LogP contribution is 2.28. The molecule has 1 unspecified atom stereocenters. The molecule has 2 fully saturated rings. The second kappa shape index (κ2) is 10.8. The zero-order chi connectivity index (χ0) is 20.0. The average molecular weight is 536 g/mol. The Bertz CT molecular complexity index is 767. The van der Waals surface area contributed by atoms with E-state index < -0.39 is 14.6 Å². The number of guanidine groups is 1. The maximum atomic E-state index is 12.4. The number of piperidine rings is 1. The van der Waals surface area contributed by atoms with E-state index in [4.69, 9.17) is 4.74 Å². The Kier molecular flexibility index (Phi) is 9.02. The lowest BCUT2D eigenvalue weighted by atomic mass is 9.99. The molecule has 0 saturated carbocycles. The molecule has 0 radical (unpaired) electrons. The third-order valence-corrected chi connectivity index (χ3v) is 8.00. The number of hydrogen-bond acceptors (Lipinski definition) is 5. The standard InChI is InChI=1S/C20H32N4O3S.HI/c1-21-19(22-16-20(28(2,25)26)10-13-27-14-11-20)23-17-7-6-12-24(15-17)18-8-4-3-5-9-18;/h3-5,8-9,17H,6-7,10-16H2,1-2H3,(H2,21,22,23);1H. The number of sulfone groups is 1. The van der Waals surface area contributed by atoms with Crippen molar-refractivity contribution in [2.45, 2.75) is 36.5 Å². The highest BCUT2D eigenvalue weighted by atomic mass is 127. The Morgan fingerprint density at radius 3 is 2.59 bits per heavy atom. The Morgan fingerprint density at radius 2 is 1.97 bits per heavy atom. The van der Waals surface area contributed by atoms with Crippen molar-refractivity contribution in [1.29, 1.82) is 0 Å². The molecule has 2 saturated heterocycles. The molecular weight excluding hydrogens is 503 g/mol. The van der Waals surface area contributed by atoms with Gasteiger partial charge in [0.15, 0.2) is 15.8 Å². The molecule has 1 aromatic rings. The summed E-state index contributed by atoms with van der Waals surface area (Å²) in [5.41, 5.74) is 1.23. The third-order valence-electron chi connectivity index (χ3n) is 5.88. The van der Waals surface area contributed by atoms with Crippen molar-refractivity contribution < 1.29 is 13.2 Å². The molecule has 2 N–H and O–H groups in total. The molecule has 2 aliphatic heterocycles. The topological polar surface area (TPSA) is 83.0 Å². The van der Waals surface area contributed by atoms with E-state index in [0.717, 1.165) is 25.9 Å². The molecule has 3 rings (SSSR count). The highest BCUT2D eigenvalue weighted by molar-refractivity contribution is 14.0. The molecule has 7 nitrogen and oxygen atoms in total. The molecule has 29 heavy (non-hydrogen) atoms. The van der Waals surface area contributed by atoms with Crippen molar-refractivity contribution in [2.24, 2.45) is 4.99 Å². The number of benzene rings is 1. The molecule has 1 aromatic carbocycles. The Morgan fingerprint density at radius 1 is 1.28 bits per heavy atom. The van der Waals surface area contributed by atoms with Crippen LogP contribution in [-0.4, -0.2) is 71.3 Å². The van der Waals surface area contributed by atoms with Crippen molar-refractivity contribution in [2.75, 3.05) is 51.1 Å². The number of anilines is 1. The number of ether oxygens (including phenoxy) is 1. The molecule has 9 heteroatoms. The van der Waals surface area contributed by atoms with Crippen LogP contribution in [0.4, 0.5) is 5.69 Å². The van der Waals surface area contributed by atoms with Crippen molar-refractivity contribution in [3.8, 4) is 0 Å². The first-order valence-electron chi connectivity index (χ1n) is 9.98. The third kappa shape index (κ3) is 6.21. The van der Waals surface area contributed by atoms with Gasteiger partial charge in [-0.05, 0) is 37.8 Å². The van der Waals surface area contributed by atoms with Gasteiger partial charge in [0.05, 0.1) is 4.75 Å². The quantitative estimate of drug-likeness (QED) is 0.341. The maximum absolute atomic E-state index is 12.4. The zero-order valence-corrected chi connectivity index (χ0v) is 20.4. The summed E-state index contributed by atoms with van der Waals surface area (Å²) in [6, 6.07) is 10.7. The van der Waals surface area contributed by atoms with Crippen molar-refractivity contribution in [3.05, 3.63) is 30.3 Å². The van der Waals surface area contributed by atoms with Gasteiger partial charge in [0, 0.05) is 57.9 Å². The van der Waals surface area contributed by atoms with E-state index in [2.05, 4.69) is 44.8 Å². The second-order valence-electron chi connectivity index (χ2n) is 7.76. The smallest absolute Gasteiger partial charge is 0.191 e. The van der Waals surface area contributed by atoms with E-state index in [1.807, 2.05) is 6.07 Å². The molecule has 164 valence electrons. The Hall–Kier alpha value is -1.07. The average Bonchev–Trinajstić information content (AvgIpc) is 2.72. The number of nitrogens with one attached hydrogen (secondary N) is 2. The van der Waals surface area contributed by atoms with E-state index in [1.165, 1.54) is 11.9 Å². The molecule has 2 heterocycles. The molecule has 2 aliphatic rings. The molecule has 1 atom stereocenters. The van der Waals surface area contributed by atoms with Gasteiger partial charge in [-0.1, -0.05) is 18.2 Å². The van der Waals surface area contributed by atoms with Gasteiger partial charge >= 0.3 is 0 Å². The van der Waals surface area contributed by atoms with Crippen LogP contribution in [0.1, 0.15) is 25.7 Å². The SMILES string of the molecule is CN=C(NCC1(S(C)(=O)=O)CCOCC1)NC1CCCN(c2ccccc2)C1.I. The monoisotopic (exact) mass is 536 g/mol. The van der Waals surface area contributed by atoms with E-state index in [1.54, 1.807) is 7.05 Å². The summed E-state index contributed by atoms with van der Waals surface area (Å²) in [5, 5.41) is 6.76. The fourth-order valence-electron chi connectivity index (χ4n) is 4.02. The van der Waals surface area contributed by atoms with Crippen LogP contribution >= 0.6 is 24.0 Å². The summed E-state index contributed by atoms with van der Waals surface area (Å²) >= 11 is 0. The molecular formula is C20H33IN4O3S. The predicted molar refractivity (Wildman–Crippen MR) is 129 cm³/mol. The largest absolute Gasteiger partial charge is 0.381 e. The maximum Gasteiger partial charge on any atom is 0.191 e. The molecule has 0 aromatic heterocycles. The summed E-state index contributed by atoms with van der Waals surface area (Å²) in [4.78, 5) is 6.71. The van der Waals surface area contributed by atoms with E-state index in [-0.39, 0.29) is 30.0 Å².